The molecule has 0 heterocycles. The van der Waals surface area contributed by atoms with E-state index in [1.54, 1.807) is 5.57 Å². The monoisotopic (exact) mass is 466 g/mol. The summed E-state index contributed by atoms with van der Waals surface area (Å²) < 4.78 is 12.8. The fourth-order valence-electron chi connectivity index (χ4n) is 6.95. The van der Waals surface area contributed by atoms with Gasteiger partial charge in [-0.15, -0.1) is 0 Å². The van der Waals surface area contributed by atoms with Crippen molar-refractivity contribution >= 4 is 10.8 Å². The number of aryl methyl sites for hydroxylation is 1. The Morgan fingerprint density at radius 1 is 1.15 bits per heavy atom. The van der Waals surface area contributed by atoms with Crippen LogP contribution in [0.5, 0.6) is 0 Å². The highest BCUT2D eigenvalue weighted by molar-refractivity contribution is 7.85. The second-order valence-corrected chi connectivity index (χ2v) is 12.7. The molecular weight excluding hydrogens is 424 g/mol. The lowest BCUT2D eigenvalue weighted by Crippen LogP contribution is -2.36. The second-order valence-electron chi connectivity index (χ2n) is 11.1. The van der Waals surface area contributed by atoms with E-state index in [4.69, 9.17) is 0 Å². The summed E-state index contributed by atoms with van der Waals surface area (Å²) in [6.45, 7) is 11.2. The lowest BCUT2D eigenvalue weighted by Gasteiger charge is -2.44. The maximum Gasteiger partial charge on any atom is 0.0787 e. The summed E-state index contributed by atoms with van der Waals surface area (Å²) in [4.78, 5) is 0.966. The molecule has 5 unspecified atom stereocenters. The maximum atomic E-state index is 12.8. The first-order valence-corrected chi connectivity index (χ1v) is 14.3. The molecule has 0 aromatic heterocycles. The third-order valence-corrected chi connectivity index (χ3v) is 10.4. The topological polar surface area (TPSA) is 37.3 Å². The van der Waals surface area contributed by atoms with Crippen molar-refractivity contribution in [1.29, 1.82) is 0 Å². The van der Waals surface area contributed by atoms with E-state index < -0.39 is 10.8 Å². The smallest absolute Gasteiger partial charge is 0.0787 e. The summed E-state index contributed by atoms with van der Waals surface area (Å²) in [5.41, 5.74) is 5.36. The molecule has 3 heteroatoms. The van der Waals surface area contributed by atoms with Crippen molar-refractivity contribution in [2.45, 2.75) is 89.6 Å². The molecule has 3 aliphatic rings. The lowest BCUT2D eigenvalue weighted by molar-refractivity contribution is 0.0964. The van der Waals surface area contributed by atoms with Crippen molar-refractivity contribution in [3.63, 3.8) is 0 Å². The Bertz CT molecular complexity index is 941. The molecule has 2 nitrogen and oxygen atoms in total. The Kier molecular flexibility index (Phi) is 7.80. The maximum absolute atomic E-state index is 12.8. The van der Waals surface area contributed by atoms with Crippen LogP contribution in [-0.2, 0) is 10.8 Å². The summed E-state index contributed by atoms with van der Waals surface area (Å²) >= 11 is 0. The van der Waals surface area contributed by atoms with Crippen LogP contribution in [0.15, 0.2) is 64.6 Å². The summed E-state index contributed by atoms with van der Waals surface area (Å²) in [7, 11) is -0.903. The largest absolute Gasteiger partial charge is 0.388 e. The quantitative estimate of drug-likeness (QED) is 0.477. The molecule has 180 valence electrons. The van der Waals surface area contributed by atoms with E-state index in [0.717, 1.165) is 41.9 Å². The number of aliphatic hydroxyl groups excluding tert-OH is 1. The molecule has 0 amide bonds. The second kappa shape index (κ2) is 10.4. The van der Waals surface area contributed by atoms with Gasteiger partial charge in [0.1, 0.15) is 0 Å². The molecule has 1 aromatic carbocycles. The van der Waals surface area contributed by atoms with Gasteiger partial charge in [0.15, 0.2) is 0 Å². The third kappa shape index (κ3) is 5.30. The number of fused-ring (bicyclic) bond motifs is 1. The molecule has 1 aromatic rings. The van der Waals surface area contributed by atoms with Crippen LogP contribution in [0.25, 0.3) is 0 Å². The average molecular weight is 467 g/mol. The summed E-state index contributed by atoms with van der Waals surface area (Å²) in [6.07, 6.45) is 14.6. The molecule has 3 saturated carbocycles. The predicted molar refractivity (Wildman–Crippen MR) is 140 cm³/mol. The lowest BCUT2D eigenvalue weighted by atomic mass is 9.61. The molecule has 4 rings (SSSR count). The summed E-state index contributed by atoms with van der Waals surface area (Å²) in [5, 5.41) is 10.2. The van der Waals surface area contributed by atoms with Gasteiger partial charge in [0.05, 0.1) is 16.9 Å². The summed E-state index contributed by atoms with van der Waals surface area (Å²) in [5.74, 6) is 2.74. The minimum Gasteiger partial charge on any atom is -0.388 e. The van der Waals surface area contributed by atoms with Crippen LogP contribution >= 0.6 is 0 Å². The predicted octanol–water partition coefficient (Wildman–Crippen LogP) is 7.30. The fourth-order valence-corrected chi connectivity index (χ4v) is 8.21. The van der Waals surface area contributed by atoms with Crippen LogP contribution in [0.3, 0.4) is 0 Å². The number of hydrogen-bond donors (Lipinski definition) is 1. The van der Waals surface area contributed by atoms with Gasteiger partial charge in [0.2, 0.25) is 0 Å². The number of rotatable bonds is 6. The van der Waals surface area contributed by atoms with Gasteiger partial charge in [-0.05, 0) is 111 Å². The Balaban J connectivity index is 1.42. The first kappa shape index (κ1) is 24.7. The van der Waals surface area contributed by atoms with Crippen LogP contribution in [0.4, 0.5) is 0 Å². The van der Waals surface area contributed by atoms with Crippen LogP contribution in [0.1, 0.15) is 77.2 Å². The molecular formula is C30H42O2S. The third-order valence-electron chi connectivity index (χ3n) is 9.00. The molecule has 3 fully saturated rings. The van der Waals surface area contributed by atoms with Crippen molar-refractivity contribution < 1.29 is 9.32 Å². The molecule has 33 heavy (non-hydrogen) atoms. The van der Waals surface area contributed by atoms with E-state index in [0.29, 0.717) is 23.2 Å². The van der Waals surface area contributed by atoms with Gasteiger partial charge in [0, 0.05) is 10.6 Å². The SMILES string of the molecule is C=C1/C(=C\C=C2/CCCC3(C)C2CCC3[C@H](C)CCS(=O)c2ccc(C)cc2)CCCC1O. The van der Waals surface area contributed by atoms with Gasteiger partial charge in [-0.3, -0.25) is 4.21 Å². The molecule has 0 aliphatic heterocycles. The van der Waals surface area contributed by atoms with Gasteiger partial charge in [0.25, 0.3) is 0 Å². The molecule has 0 radical (unpaired) electrons. The Morgan fingerprint density at radius 2 is 1.91 bits per heavy atom. The molecule has 3 aliphatic carbocycles. The highest BCUT2D eigenvalue weighted by Gasteiger charge is 2.50. The van der Waals surface area contributed by atoms with Crippen molar-refractivity contribution in [2.75, 3.05) is 5.75 Å². The van der Waals surface area contributed by atoms with Crippen molar-refractivity contribution in [1.82, 2.24) is 0 Å². The van der Waals surface area contributed by atoms with Crippen LogP contribution in [0, 0.1) is 30.1 Å². The number of benzene rings is 1. The molecule has 0 spiro atoms. The van der Waals surface area contributed by atoms with Crippen LogP contribution < -0.4 is 0 Å². The van der Waals surface area contributed by atoms with Crippen molar-refractivity contribution in [2.24, 2.45) is 23.2 Å². The normalized spacial score (nSPS) is 34.4. The van der Waals surface area contributed by atoms with E-state index in [9.17, 15) is 9.32 Å². The number of aliphatic hydroxyl groups is 1. The minimum atomic E-state index is -0.903. The van der Waals surface area contributed by atoms with Gasteiger partial charge >= 0.3 is 0 Å². The van der Waals surface area contributed by atoms with Gasteiger partial charge in [-0.25, -0.2) is 0 Å². The Hall–Kier alpha value is -1.45. The molecule has 1 N–H and O–H groups in total. The first-order valence-electron chi connectivity index (χ1n) is 13.0. The van der Waals surface area contributed by atoms with Crippen molar-refractivity contribution in [3.8, 4) is 0 Å². The van der Waals surface area contributed by atoms with Crippen LogP contribution in [-0.4, -0.2) is 21.2 Å². The molecule has 0 saturated heterocycles. The van der Waals surface area contributed by atoms with E-state index in [-0.39, 0.29) is 6.10 Å². The molecule has 0 bridgehead atoms. The standard InChI is InChI=1S/C30H42O2S/c1-21-10-14-26(15-11-21)33(32)20-18-22(2)27-16-17-28-25(8-6-19-30(27,28)4)13-12-24-7-5-9-29(31)23(24)3/h10-15,22,27-29,31H,3,5-9,16-20H2,1-2,4H3/b24-12-,25-13+/t22-,27?,28?,29?,30?,33?/m1/s1. The van der Waals surface area contributed by atoms with E-state index in [1.807, 2.05) is 12.1 Å². The molecule has 6 atom stereocenters. The van der Waals surface area contributed by atoms with Crippen LogP contribution in [0.2, 0.25) is 0 Å². The fraction of sp³-hybridized carbons (Fsp3) is 0.600. The average Bonchev–Trinajstić information content (AvgIpc) is 3.16. The van der Waals surface area contributed by atoms with E-state index >= 15 is 0 Å². The zero-order valence-corrected chi connectivity index (χ0v) is 21.6. The van der Waals surface area contributed by atoms with Gasteiger partial charge in [-0.1, -0.05) is 55.8 Å². The van der Waals surface area contributed by atoms with Crippen molar-refractivity contribution in [3.05, 3.63) is 65.3 Å². The Morgan fingerprint density at radius 3 is 2.67 bits per heavy atom. The zero-order chi connectivity index (χ0) is 23.6. The number of hydrogen-bond acceptors (Lipinski definition) is 2. The highest BCUT2D eigenvalue weighted by atomic mass is 32.2. The van der Waals surface area contributed by atoms with Gasteiger partial charge in [-0.2, -0.15) is 0 Å². The number of allylic oxidation sites excluding steroid dienone is 3. The first-order chi connectivity index (χ1) is 15.8. The van der Waals surface area contributed by atoms with E-state index in [2.05, 4.69) is 51.6 Å². The van der Waals surface area contributed by atoms with Gasteiger partial charge < -0.3 is 5.11 Å². The van der Waals surface area contributed by atoms with E-state index in [1.165, 1.54) is 43.2 Å². The minimum absolute atomic E-state index is 0.358. The Labute approximate surface area is 203 Å². The zero-order valence-electron chi connectivity index (χ0n) is 20.8. The highest BCUT2D eigenvalue weighted by Crippen LogP contribution is 2.59. The summed E-state index contributed by atoms with van der Waals surface area (Å²) in [6, 6.07) is 8.17.